The Morgan fingerprint density at radius 3 is 2.61 bits per heavy atom. The minimum Gasteiger partial charge on any atom is -0.469 e. The molecule has 0 atom stereocenters. The summed E-state index contributed by atoms with van der Waals surface area (Å²) in [6, 6.07) is 4.09. The second-order valence-electron chi connectivity index (χ2n) is 5.53. The van der Waals surface area contributed by atoms with Crippen LogP contribution in [0.2, 0.25) is 0 Å². The molecule has 0 aliphatic carbocycles. The molecule has 2 N–H and O–H groups in total. The van der Waals surface area contributed by atoms with E-state index in [2.05, 4.69) is 11.0 Å². The number of furan rings is 1. The molecule has 2 fully saturated rings. The number of nitrogens with two attached hydrogens (primary N) is 1. The summed E-state index contributed by atoms with van der Waals surface area (Å²) >= 11 is 0. The van der Waals surface area contributed by atoms with Gasteiger partial charge in [0, 0.05) is 13.1 Å². The molecule has 18 heavy (non-hydrogen) atoms. The number of likely N-dealkylation sites (tertiary alicyclic amines) is 1. The third-order valence-corrected chi connectivity index (χ3v) is 4.55. The summed E-state index contributed by atoms with van der Waals surface area (Å²) in [5.41, 5.74) is 5.77. The number of hydrogen-bond donors (Lipinski definition) is 1. The summed E-state index contributed by atoms with van der Waals surface area (Å²) in [5.74, 6) is 1.80. The molecule has 100 valence electrons. The molecule has 1 aromatic heterocycles. The first-order valence-electron chi connectivity index (χ1n) is 6.89. The van der Waals surface area contributed by atoms with E-state index < -0.39 is 0 Å². The van der Waals surface area contributed by atoms with Gasteiger partial charge in [0.15, 0.2) is 0 Å². The molecule has 0 spiro atoms. The van der Waals surface area contributed by atoms with Crippen LogP contribution in [0.15, 0.2) is 22.8 Å². The Morgan fingerprint density at radius 1 is 1.33 bits per heavy atom. The van der Waals surface area contributed by atoms with E-state index >= 15 is 0 Å². The molecule has 3 heterocycles. The average molecular weight is 250 g/mol. The molecule has 2 aliphatic heterocycles. The lowest BCUT2D eigenvalue weighted by Crippen LogP contribution is -2.55. The first kappa shape index (κ1) is 12.2. The molecule has 3 rings (SSSR count). The van der Waals surface area contributed by atoms with Gasteiger partial charge in [-0.1, -0.05) is 0 Å². The van der Waals surface area contributed by atoms with Gasteiger partial charge in [0.1, 0.15) is 5.76 Å². The molecule has 0 aromatic carbocycles. The molecule has 1 aromatic rings. The van der Waals surface area contributed by atoms with Crippen molar-refractivity contribution in [1.82, 2.24) is 4.90 Å². The topological polar surface area (TPSA) is 51.6 Å². The van der Waals surface area contributed by atoms with Gasteiger partial charge in [0.05, 0.1) is 24.9 Å². The van der Waals surface area contributed by atoms with E-state index in [-0.39, 0.29) is 5.41 Å². The summed E-state index contributed by atoms with van der Waals surface area (Å²) in [5, 5.41) is 0. The maximum absolute atomic E-state index is 5.65. The van der Waals surface area contributed by atoms with Crippen LogP contribution < -0.4 is 5.73 Å². The van der Waals surface area contributed by atoms with E-state index in [1.165, 1.54) is 12.8 Å². The van der Waals surface area contributed by atoms with Gasteiger partial charge in [-0.25, -0.2) is 0 Å². The minimum atomic E-state index is 0.151. The molecule has 0 amide bonds. The molecular weight excluding hydrogens is 228 g/mol. The van der Waals surface area contributed by atoms with E-state index in [0.29, 0.717) is 5.92 Å². The molecule has 4 heteroatoms. The molecule has 0 saturated carbocycles. The molecule has 0 unspecified atom stereocenters. The third kappa shape index (κ3) is 1.98. The first-order chi connectivity index (χ1) is 8.85. The van der Waals surface area contributed by atoms with Gasteiger partial charge in [-0.3, -0.25) is 0 Å². The van der Waals surface area contributed by atoms with Crippen LogP contribution in [-0.4, -0.2) is 44.3 Å². The summed E-state index contributed by atoms with van der Waals surface area (Å²) in [4.78, 5) is 2.46. The monoisotopic (exact) mass is 250 g/mol. The van der Waals surface area contributed by atoms with Crippen molar-refractivity contribution in [2.24, 2.45) is 11.7 Å². The predicted molar refractivity (Wildman–Crippen MR) is 69.4 cm³/mol. The van der Waals surface area contributed by atoms with E-state index in [1.54, 1.807) is 6.26 Å². The van der Waals surface area contributed by atoms with Crippen LogP contribution in [0.4, 0.5) is 0 Å². The van der Waals surface area contributed by atoms with Gasteiger partial charge in [-0.15, -0.1) is 0 Å². The van der Waals surface area contributed by atoms with Crippen LogP contribution in [0.5, 0.6) is 0 Å². The van der Waals surface area contributed by atoms with Crippen LogP contribution in [0.25, 0.3) is 0 Å². The van der Waals surface area contributed by atoms with Crippen molar-refractivity contribution in [1.29, 1.82) is 0 Å². The Kier molecular flexibility index (Phi) is 3.41. The molecule has 2 aliphatic rings. The van der Waals surface area contributed by atoms with Crippen molar-refractivity contribution >= 4 is 0 Å². The Bertz CT molecular complexity index is 365. The number of rotatable bonds is 4. The zero-order valence-electron chi connectivity index (χ0n) is 10.8. The number of ether oxygens (including phenoxy) is 1. The Balaban J connectivity index is 1.68. The molecule has 0 bridgehead atoms. The van der Waals surface area contributed by atoms with Crippen LogP contribution in [0, 0.1) is 5.92 Å². The minimum absolute atomic E-state index is 0.151. The molecule has 0 radical (unpaired) electrons. The van der Waals surface area contributed by atoms with Crippen LogP contribution in [0.3, 0.4) is 0 Å². The Hall–Kier alpha value is -0.840. The summed E-state index contributed by atoms with van der Waals surface area (Å²) in [6.07, 6.45) is 4.23. The third-order valence-electron chi connectivity index (χ3n) is 4.55. The van der Waals surface area contributed by atoms with Gasteiger partial charge < -0.3 is 19.8 Å². The highest BCUT2D eigenvalue weighted by molar-refractivity contribution is 5.20. The van der Waals surface area contributed by atoms with Crippen molar-refractivity contribution in [2.45, 2.75) is 18.3 Å². The Morgan fingerprint density at radius 2 is 2.11 bits per heavy atom. The highest BCUT2D eigenvalue weighted by atomic mass is 16.5. The fourth-order valence-electron chi connectivity index (χ4n) is 3.35. The number of nitrogens with zero attached hydrogens (tertiary/aromatic N) is 1. The zero-order chi connectivity index (χ0) is 12.4. The van der Waals surface area contributed by atoms with Gasteiger partial charge in [-0.2, -0.15) is 0 Å². The van der Waals surface area contributed by atoms with Gasteiger partial charge >= 0.3 is 0 Å². The van der Waals surface area contributed by atoms with Crippen molar-refractivity contribution < 1.29 is 9.15 Å². The maximum atomic E-state index is 5.65. The lowest BCUT2D eigenvalue weighted by atomic mass is 9.68. The van der Waals surface area contributed by atoms with E-state index in [1.807, 2.05) is 6.07 Å². The summed E-state index contributed by atoms with van der Waals surface area (Å²) < 4.78 is 11.2. The Labute approximate surface area is 108 Å². The average Bonchev–Trinajstić information content (AvgIpc) is 2.84. The highest BCUT2D eigenvalue weighted by Crippen LogP contribution is 2.44. The molecule has 2 saturated heterocycles. The van der Waals surface area contributed by atoms with E-state index in [9.17, 15) is 0 Å². The van der Waals surface area contributed by atoms with Crippen LogP contribution in [0.1, 0.15) is 18.6 Å². The number of piperidine rings is 1. The quantitative estimate of drug-likeness (QED) is 0.873. The van der Waals surface area contributed by atoms with Gasteiger partial charge in [-0.05, 0) is 44.0 Å². The zero-order valence-corrected chi connectivity index (χ0v) is 10.8. The SMILES string of the molecule is NCCN1CCC(C2(c3ccco3)COC2)CC1. The predicted octanol–water partition coefficient (Wildman–Crippen LogP) is 1.22. The standard InChI is InChI=1S/C14H22N2O2/c15-5-8-16-6-3-12(4-7-16)14(10-17-11-14)13-2-1-9-18-13/h1-2,9,12H,3-8,10-11,15H2. The fraction of sp³-hybridized carbons (Fsp3) is 0.714. The highest BCUT2D eigenvalue weighted by Gasteiger charge is 2.49. The lowest BCUT2D eigenvalue weighted by molar-refractivity contribution is -0.111. The van der Waals surface area contributed by atoms with E-state index in [0.717, 1.165) is 45.2 Å². The van der Waals surface area contributed by atoms with Crippen molar-refractivity contribution in [3.8, 4) is 0 Å². The van der Waals surface area contributed by atoms with Crippen LogP contribution in [-0.2, 0) is 10.2 Å². The van der Waals surface area contributed by atoms with Crippen molar-refractivity contribution in [3.63, 3.8) is 0 Å². The first-order valence-corrected chi connectivity index (χ1v) is 6.89. The summed E-state index contributed by atoms with van der Waals surface area (Å²) in [6.45, 7) is 5.74. The van der Waals surface area contributed by atoms with E-state index in [4.69, 9.17) is 14.9 Å². The number of hydrogen-bond acceptors (Lipinski definition) is 4. The second-order valence-corrected chi connectivity index (χ2v) is 5.53. The fourth-order valence-corrected chi connectivity index (χ4v) is 3.35. The van der Waals surface area contributed by atoms with Gasteiger partial charge in [0.25, 0.3) is 0 Å². The van der Waals surface area contributed by atoms with Crippen molar-refractivity contribution in [2.75, 3.05) is 39.4 Å². The summed E-state index contributed by atoms with van der Waals surface area (Å²) in [7, 11) is 0. The van der Waals surface area contributed by atoms with Gasteiger partial charge in [0.2, 0.25) is 0 Å². The second kappa shape index (κ2) is 5.03. The normalized spacial score (nSPS) is 24.9. The lowest BCUT2D eigenvalue weighted by Gasteiger charge is -2.48. The maximum Gasteiger partial charge on any atom is 0.114 e. The smallest absolute Gasteiger partial charge is 0.114 e. The molecular formula is C14H22N2O2. The van der Waals surface area contributed by atoms with Crippen molar-refractivity contribution in [3.05, 3.63) is 24.2 Å². The largest absolute Gasteiger partial charge is 0.469 e. The molecule has 4 nitrogen and oxygen atoms in total. The van der Waals surface area contributed by atoms with Crippen LogP contribution >= 0.6 is 0 Å².